The molecule has 20 heavy (non-hydrogen) atoms. The number of hydrogen-bond donors (Lipinski definition) is 1. The highest BCUT2D eigenvalue weighted by Gasteiger charge is 2.05. The van der Waals surface area contributed by atoms with Gasteiger partial charge in [-0.05, 0) is 30.5 Å². The molecule has 0 radical (unpaired) electrons. The molecule has 2 nitrogen and oxygen atoms in total. The average molecular weight is 267 g/mol. The van der Waals surface area contributed by atoms with Gasteiger partial charge in [0.05, 0.1) is 6.54 Å². The minimum Gasteiger partial charge on any atom is -0.378 e. The van der Waals surface area contributed by atoms with Crippen molar-refractivity contribution >= 4 is 11.5 Å². The average Bonchev–Trinajstić information content (AvgIpc) is 2.46. The molecule has 2 aromatic carbocycles. The predicted molar refractivity (Wildman–Crippen MR) is 84.5 cm³/mol. The van der Waals surface area contributed by atoms with Crippen molar-refractivity contribution < 1.29 is 4.79 Å². The van der Waals surface area contributed by atoms with E-state index in [1.807, 2.05) is 43.3 Å². The summed E-state index contributed by atoms with van der Waals surface area (Å²) >= 11 is 0. The molecule has 0 saturated carbocycles. The second-order valence-corrected chi connectivity index (χ2v) is 5.42. The monoisotopic (exact) mass is 267 g/mol. The minimum atomic E-state index is 0.109. The van der Waals surface area contributed by atoms with E-state index >= 15 is 0 Å². The molecule has 1 N–H and O–H groups in total. The number of nitrogens with one attached hydrogen (secondary N) is 1. The van der Waals surface area contributed by atoms with Crippen LogP contribution in [0.25, 0.3) is 0 Å². The lowest BCUT2D eigenvalue weighted by molar-refractivity contribution is 0.101. The summed E-state index contributed by atoms with van der Waals surface area (Å²) in [5.74, 6) is 0.635. The van der Waals surface area contributed by atoms with Crippen molar-refractivity contribution in [3.63, 3.8) is 0 Å². The van der Waals surface area contributed by atoms with Crippen LogP contribution < -0.4 is 5.32 Å². The van der Waals surface area contributed by atoms with Gasteiger partial charge in [-0.25, -0.2) is 0 Å². The van der Waals surface area contributed by atoms with Gasteiger partial charge in [0.25, 0.3) is 0 Å². The first kappa shape index (κ1) is 14.3. The number of Topliss-reactive ketones (excluding diaryl/α,β-unsaturated/α-hetero) is 1. The Bertz CT molecular complexity index is 567. The maximum Gasteiger partial charge on any atom is 0.181 e. The maximum absolute atomic E-state index is 12.0. The Morgan fingerprint density at radius 2 is 1.60 bits per heavy atom. The molecule has 0 bridgehead atoms. The predicted octanol–water partition coefficient (Wildman–Crippen LogP) is 4.41. The molecular weight excluding hydrogens is 246 g/mol. The van der Waals surface area contributed by atoms with Crippen LogP contribution in [-0.4, -0.2) is 12.3 Å². The van der Waals surface area contributed by atoms with Gasteiger partial charge < -0.3 is 5.32 Å². The van der Waals surface area contributed by atoms with Gasteiger partial charge in [0.2, 0.25) is 0 Å². The molecule has 0 atom stereocenters. The smallest absolute Gasteiger partial charge is 0.181 e. The standard InChI is InChI=1S/C18H21NO/c1-13(2)15-8-10-17(11-9-15)19-12-18(20)16-6-4-14(3)5-7-16/h4-11,13,19H,12H2,1-3H3. The van der Waals surface area contributed by atoms with Gasteiger partial charge >= 0.3 is 0 Å². The largest absolute Gasteiger partial charge is 0.378 e. The van der Waals surface area contributed by atoms with Crippen molar-refractivity contribution in [3.05, 3.63) is 65.2 Å². The van der Waals surface area contributed by atoms with Crippen LogP contribution >= 0.6 is 0 Å². The van der Waals surface area contributed by atoms with Gasteiger partial charge in [-0.15, -0.1) is 0 Å². The molecule has 0 amide bonds. The Morgan fingerprint density at radius 1 is 1.00 bits per heavy atom. The van der Waals surface area contributed by atoms with Gasteiger partial charge in [-0.1, -0.05) is 55.8 Å². The third-order valence-corrected chi connectivity index (χ3v) is 3.40. The fourth-order valence-electron chi connectivity index (χ4n) is 2.01. The Kier molecular flexibility index (Phi) is 4.57. The lowest BCUT2D eigenvalue weighted by atomic mass is 10.0. The summed E-state index contributed by atoms with van der Waals surface area (Å²) in [6, 6.07) is 15.9. The lowest BCUT2D eigenvalue weighted by Crippen LogP contribution is -2.13. The SMILES string of the molecule is Cc1ccc(C(=O)CNc2ccc(C(C)C)cc2)cc1. The van der Waals surface area contributed by atoms with E-state index < -0.39 is 0 Å². The van der Waals surface area contributed by atoms with Crippen LogP contribution in [0.2, 0.25) is 0 Å². The second-order valence-electron chi connectivity index (χ2n) is 5.42. The lowest BCUT2D eigenvalue weighted by Gasteiger charge is -2.09. The van der Waals surface area contributed by atoms with Gasteiger partial charge in [0.15, 0.2) is 5.78 Å². The number of rotatable bonds is 5. The first-order valence-corrected chi connectivity index (χ1v) is 7.00. The van der Waals surface area contributed by atoms with Crippen LogP contribution in [0.1, 0.15) is 41.3 Å². The zero-order chi connectivity index (χ0) is 14.5. The van der Waals surface area contributed by atoms with E-state index in [9.17, 15) is 4.79 Å². The Labute approximate surface area is 120 Å². The van der Waals surface area contributed by atoms with E-state index in [0.29, 0.717) is 12.5 Å². The quantitative estimate of drug-likeness (QED) is 0.813. The molecule has 0 aromatic heterocycles. The molecule has 2 heteroatoms. The van der Waals surface area contributed by atoms with Gasteiger partial charge in [-0.2, -0.15) is 0 Å². The molecule has 0 aliphatic carbocycles. The molecule has 0 unspecified atom stereocenters. The fourth-order valence-corrected chi connectivity index (χ4v) is 2.01. The summed E-state index contributed by atoms with van der Waals surface area (Å²) in [6.45, 7) is 6.68. The van der Waals surface area contributed by atoms with Crippen LogP contribution in [-0.2, 0) is 0 Å². The molecule has 2 rings (SSSR count). The number of aryl methyl sites for hydroxylation is 1. The maximum atomic E-state index is 12.0. The van der Waals surface area contributed by atoms with Gasteiger partial charge in [0.1, 0.15) is 0 Å². The number of carbonyl (C=O) groups excluding carboxylic acids is 1. The Hall–Kier alpha value is -2.09. The molecule has 0 aliphatic heterocycles. The van der Waals surface area contributed by atoms with E-state index in [0.717, 1.165) is 11.3 Å². The highest BCUT2D eigenvalue weighted by atomic mass is 16.1. The van der Waals surface area contributed by atoms with Crippen LogP contribution in [0.3, 0.4) is 0 Å². The number of anilines is 1. The van der Waals surface area contributed by atoms with Crippen molar-refractivity contribution in [2.45, 2.75) is 26.7 Å². The minimum absolute atomic E-state index is 0.109. The van der Waals surface area contributed by atoms with Gasteiger partial charge in [0, 0.05) is 11.3 Å². The zero-order valence-electron chi connectivity index (χ0n) is 12.3. The zero-order valence-corrected chi connectivity index (χ0v) is 12.3. The highest BCUT2D eigenvalue weighted by Crippen LogP contribution is 2.17. The summed E-state index contributed by atoms with van der Waals surface area (Å²) in [4.78, 5) is 12.0. The van der Waals surface area contributed by atoms with Crippen molar-refractivity contribution in [3.8, 4) is 0 Å². The fraction of sp³-hybridized carbons (Fsp3) is 0.278. The van der Waals surface area contributed by atoms with E-state index in [1.54, 1.807) is 0 Å². The molecule has 0 spiro atoms. The van der Waals surface area contributed by atoms with Crippen molar-refractivity contribution in [1.82, 2.24) is 0 Å². The van der Waals surface area contributed by atoms with Gasteiger partial charge in [-0.3, -0.25) is 4.79 Å². The van der Waals surface area contributed by atoms with Crippen molar-refractivity contribution in [1.29, 1.82) is 0 Å². The van der Waals surface area contributed by atoms with E-state index in [1.165, 1.54) is 11.1 Å². The number of carbonyl (C=O) groups is 1. The molecule has 2 aromatic rings. The first-order valence-electron chi connectivity index (χ1n) is 7.00. The third-order valence-electron chi connectivity index (χ3n) is 3.40. The molecule has 0 heterocycles. The summed E-state index contributed by atoms with van der Waals surface area (Å²) in [7, 11) is 0. The van der Waals surface area contributed by atoms with Crippen molar-refractivity contribution in [2.24, 2.45) is 0 Å². The summed E-state index contributed by atoms with van der Waals surface area (Å²) < 4.78 is 0. The Morgan fingerprint density at radius 3 is 2.15 bits per heavy atom. The summed E-state index contributed by atoms with van der Waals surface area (Å²) in [6.07, 6.45) is 0. The van der Waals surface area contributed by atoms with Crippen LogP contribution in [0.15, 0.2) is 48.5 Å². The second kappa shape index (κ2) is 6.38. The first-order chi connectivity index (χ1) is 9.56. The summed E-state index contributed by atoms with van der Waals surface area (Å²) in [5, 5.41) is 3.17. The van der Waals surface area contributed by atoms with E-state index in [-0.39, 0.29) is 5.78 Å². The summed E-state index contributed by atoms with van der Waals surface area (Å²) in [5.41, 5.74) is 4.20. The van der Waals surface area contributed by atoms with Crippen molar-refractivity contribution in [2.75, 3.05) is 11.9 Å². The van der Waals surface area contributed by atoms with Crippen LogP contribution in [0.5, 0.6) is 0 Å². The molecular formula is C18H21NO. The molecule has 104 valence electrons. The highest BCUT2D eigenvalue weighted by molar-refractivity contribution is 5.98. The normalized spacial score (nSPS) is 10.6. The van der Waals surface area contributed by atoms with Crippen LogP contribution in [0, 0.1) is 6.92 Å². The number of ketones is 1. The molecule has 0 aliphatic rings. The molecule has 0 fully saturated rings. The topological polar surface area (TPSA) is 29.1 Å². The van der Waals surface area contributed by atoms with E-state index in [4.69, 9.17) is 0 Å². The number of benzene rings is 2. The number of hydrogen-bond acceptors (Lipinski definition) is 2. The molecule has 0 saturated heterocycles. The Balaban J connectivity index is 1.94. The third kappa shape index (κ3) is 3.70. The van der Waals surface area contributed by atoms with E-state index in [2.05, 4.69) is 31.3 Å². The van der Waals surface area contributed by atoms with Crippen LogP contribution in [0.4, 0.5) is 5.69 Å².